The van der Waals surface area contributed by atoms with Gasteiger partial charge in [0.2, 0.25) is 0 Å². The number of ketones is 1. The van der Waals surface area contributed by atoms with Crippen LogP contribution < -0.4 is 4.74 Å². The Bertz CT molecular complexity index is 588. The summed E-state index contributed by atoms with van der Waals surface area (Å²) in [5.74, 6) is 0.894. The molecule has 0 amide bonds. The normalized spacial score (nSPS) is 11.9. The summed E-state index contributed by atoms with van der Waals surface area (Å²) < 4.78 is 5.33. The molecule has 0 N–H and O–H groups in total. The maximum Gasteiger partial charge on any atom is 0.144 e. The third-order valence-corrected chi connectivity index (χ3v) is 3.58. The SMILES string of the molecule is COc1ccc(C)cc1CC(=O)C(C)c1ccccc1. The minimum Gasteiger partial charge on any atom is -0.496 e. The molecule has 0 aliphatic carbocycles. The van der Waals surface area contributed by atoms with Crippen molar-refractivity contribution in [2.45, 2.75) is 26.2 Å². The maximum absolute atomic E-state index is 12.4. The summed E-state index contributed by atoms with van der Waals surface area (Å²) in [5, 5.41) is 0. The van der Waals surface area contributed by atoms with Gasteiger partial charge in [0.05, 0.1) is 7.11 Å². The fourth-order valence-electron chi connectivity index (χ4n) is 2.31. The summed E-state index contributed by atoms with van der Waals surface area (Å²) in [7, 11) is 1.64. The molecule has 0 saturated heterocycles. The first-order chi connectivity index (χ1) is 9.61. The van der Waals surface area contributed by atoms with Crippen LogP contribution in [-0.4, -0.2) is 12.9 Å². The summed E-state index contributed by atoms with van der Waals surface area (Å²) in [6.45, 7) is 3.98. The molecule has 0 bridgehead atoms. The number of aryl methyl sites for hydroxylation is 1. The molecule has 0 fully saturated rings. The van der Waals surface area contributed by atoms with Crippen LogP contribution in [0.1, 0.15) is 29.5 Å². The van der Waals surface area contributed by atoms with Crippen molar-refractivity contribution in [3.05, 3.63) is 65.2 Å². The van der Waals surface area contributed by atoms with Gasteiger partial charge >= 0.3 is 0 Å². The number of hydrogen-bond donors (Lipinski definition) is 0. The van der Waals surface area contributed by atoms with E-state index in [0.717, 1.165) is 22.4 Å². The van der Waals surface area contributed by atoms with Crippen LogP contribution in [0.15, 0.2) is 48.5 Å². The van der Waals surface area contributed by atoms with E-state index in [1.165, 1.54) is 0 Å². The lowest BCUT2D eigenvalue weighted by atomic mass is 9.92. The van der Waals surface area contributed by atoms with Crippen LogP contribution in [0.2, 0.25) is 0 Å². The van der Waals surface area contributed by atoms with Crippen molar-refractivity contribution in [2.24, 2.45) is 0 Å². The van der Waals surface area contributed by atoms with E-state index in [4.69, 9.17) is 4.74 Å². The highest BCUT2D eigenvalue weighted by Gasteiger charge is 2.17. The Labute approximate surface area is 120 Å². The highest BCUT2D eigenvalue weighted by atomic mass is 16.5. The quantitative estimate of drug-likeness (QED) is 0.821. The Kier molecular flexibility index (Phi) is 4.57. The van der Waals surface area contributed by atoms with Gasteiger partial charge in [-0.3, -0.25) is 4.79 Å². The Morgan fingerprint density at radius 3 is 2.50 bits per heavy atom. The molecule has 2 aromatic rings. The van der Waals surface area contributed by atoms with E-state index >= 15 is 0 Å². The lowest BCUT2D eigenvalue weighted by molar-refractivity contribution is -0.119. The van der Waals surface area contributed by atoms with Crippen molar-refractivity contribution in [1.82, 2.24) is 0 Å². The molecule has 0 spiro atoms. The molecule has 0 radical (unpaired) electrons. The summed E-state index contributed by atoms with van der Waals surface area (Å²) in [4.78, 5) is 12.4. The number of carbonyl (C=O) groups excluding carboxylic acids is 1. The van der Waals surface area contributed by atoms with Gasteiger partial charge < -0.3 is 4.74 Å². The van der Waals surface area contributed by atoms with Crippen LogP contribution in [0.3, 0.4) is 0 Å². The molecule has 0 aliphatic rings. The van der Waals surface area contributed by atoms with Crippen LogP contribution in [0, 0.1) is 6.92 Å². The molecular formula is C18H20O2. The third kappa shape index (κ3) is 3.27. The van der Waals surface area contributed by atoms with Crippen molar-refractivity contribution in [3.8, 4) is 5.75 Å². The molecule has 0 saturated carbocycles. The van der Waals surface area contributed by atoms with Gasteiger partial charge in [-0.05, 0) is 18.6 Å². The first kappa shape index (κ1) is 14.3. The Morgan fingerprint density at radius 2 is 1.85 bits per heavy atom. The number of hydrogen-bond acceptors (Lipinski definition) is 2. The van der Waals surface area contributed by atoms with Crippen LogP contribution >= 0.6 is 0 Å². The second kappa shape index (κ2) is 6.38. The van der Waals surface area contributed by atoms with Gasteiger partial charge in [-0.25, -0.2) is 0 Å². The molecule has 1 atom stereocenters. The van der Waals surface area contributed by atoms with Crippen LogP contribution in [-0.2, 0) is 11.2 Å². The molecule has 20 heavy (non-hydrogen) atoms. The van der Waals surface area contributed by atoms with Crippen LogP contribution in [0.5, 0.6) is 5.75 Å². The van der Waals surface area contributed by atoms with Gasteiger partial charge in [0.25, 0.3) is 0 Å². The van der Waals surface area contributed by atoms with Gasteiger partial charge in [-0.2, -0.15) is 0 Å². The van der Waals surface area contributed by atoms with E-state index in [1.54, 1.807) is 7.11 Å². The smallest absolute Gasteiger partial charge is 0.144 e. The van der Waals surface area contributed by atoms with Gasteiger partial charge in [-0.15, -0.1) is 0 Å². The average Bonchev–Trinajstić information content (AvgIpc) is 2.47. The molecule has 2 rings (SSSR count). The molecule has 1 unspecified atom stereocenters. The highest BCUT2D eigenvalue weighted by molar-refractivity contribution is 5.87. The van der Waals surface area contributed by atoms with Gasteiger partial charge in [0.1, 0.15) is 11.5 Å². The van der Waals surface area contributed by atoms with Crippen molar-refractivity contribution < 1.29 is 9.53 Å². The minimum atomic E-state index is -0.0959. The summed E-state index contributed by atoms with van der Waals surface area (Å²) in [6.07, 6.45) is 0.404. The fraction of sp³-hybridized carbons (Fsp3) is 0.278. The number of rotatable bonds is 5. The lowest BCUT2D eigenvalue weighted by Crippen LogP contribution is -2.12. The molecule has 104 valence electrons. The molecule has 0 heterocycles. The van der Waals surface area contributed by atoms with E-state index in [-0.39, 0.29) is 11.7 Å². The fourth-order valence-corrected chi connectivity index (χ4v) is 2.31. The largest absolute Gasteiger partial charge is 0.496 e. The first-order valence-electron chi connectivity index (χ1n) is 6.83. The van der Waals surface area contributed by atoms with Gasteiger partial charge in [0, 0.05) is 17.9 Å². The number of carbonyl (C=O) groups is 1. The maximum atomic E-state index is 12.4. The second-order valence-electron chi connectivity index (χ2n) is 5.09. The number of ether oxygens (including phenoxy) is 1. The van der Waals surface area contributed by atoms with E-state index < -0.39 is 0 Å². The molecule has 2 heteroatoms. The van der Waals surface area contributed by atoms with Gasteiger partial charge in [-0.1, -0.05) is 55.0 Å². The molecule has 0 aliphatic heterocycles. The van der Waals surface area contributed by atoms with E-state index in [0.29, 0.717) is 6.42 Å². The summed E-state index contributed by atoms with van der Waals surface area (Å²) >= 11 is 0. The number of benzene rings is 2. The van der Waals surface area contributed by atoms with Crippen molar-refractivity contribution in [1.29, 1.82) is 0 Å². The monoisotopic (exact) mass is 268 g/mol. The molecule has 0 aromatic heterocycles. The number of Topliss-reactive ketones (excluding diaryl/α,β-unsaturated/α-hetero) is 1. The zero-order valence-electron chi connectivity index (χ0n) is 12.2. The second-order valence-corrected chi connectivity index (χ2v) is 5.09. The number of methoxy groups -OCH3 is 1. The molecule has 2 nitrogen and oxygen atoms in total. The zero-order chi connectivity index (χ0) is 14.5. The van der Waals surface area contributed by atoms with E-state index in [2.05, 4.69) is 0 Å². The predicted molar refractivity (Wildman–Crippen MR) is 81.3 cm³/mol. The Morgan fingerprint density at radius 1 is 1.15 bits per heavy atom. The summed E-state index contributed by atoms with van der Waals surface area (Å²) in [5.41, 5.74) is 3.16. The van der Waals surface area contributed by atoms with Crippen molar-refractivity contribution in [3.63, 3.8) is 0 Å². The Hall–Kier alpha value is -2.09. The van der Waals surface area contributed by atoms with Crippen molar-refractivity contribution in [2.75, 3.05) is 7.11 Å². The predicted octanol–water partition coefficient (Wildman–Crippen LogP) is 3.92. The van der Waals surface area contributed by atoms with Crippen LogP contribution in [0.4, 0.5) is 0 Å². The molecule has 2 aromatic carbocycles. The zero-order valence-corrected chi connectivity index (χ0v) is 12.2. The van der Waals surface area contributed by atoms with Gasteiger partial charge in [0.15, 0.2) is 0 Å². The minimum absolute atomic E-state index is 0.0959. The summed E-state index contributed by atoms with van der Waals surface area (Å²) in [6, 6.07) is 15.8. The van der Waals surface area contributed by atoms with Crippen LogP contribution in [0.25, 0.3) is 0 Å². The van der Waals surface area contributed by atoms with E-state index in [9.17, 15) is 4.79 Å². The molecular weight excluding hydrogens is 248 g/mol. The Balaban J connectivity index is 2.18. The standard InChI is InChI=1S/C18H20O2/c1-13-9-10-18(20-3)16(11-13)12-17(19)14(2)15-7-5-4-6-8-15/h4-11,14H,12H2,1-3H3. The highest BCUT2D eigenvalue weighted by Crippen LogP contribution is 2.24. The first-order valence-corrected chi connectivity index (χ1v) is 6.83. The third-order valence-electron chi connectivity index (χ3n) is 3.58. The lowest BCUT2D eigenvalue weighted by Gasteiger charge is -2.13. The van der Waals surface area contributed by atoms with Crippen molar-refractivity contribution >= 4 is 5.78 Å². The average molecular weight is 268 g/mol. The van der Waals surface area contributed by atoms with E-state index in [1.807, 2.05) is 62.4 Å². The topological polar surface area (TPSA) is 26.3 Å².